The molecule has 1 amide bonds. The van der Waals surface area contributed by atoms with Gasteiger partial charge in [0.25, 0.3) is 0 Å². The lowest BCUT2D eigenvalue weighted by molar-refractivity contribution is -0.116. The molecule has 0 radical (unpaired) electrons. The summed E-state index contributed by atoms with van der Waals surface area (Å²) in [5.41, 5.74) is 1.25. The number of carbonyl (C=O) groups excluding carboxylic acids is 1. The minimum atomic E-state index is -1.25. The van der Waals surface area contributed by atoms with Crippen LogP contribution in [0, 0.1) is 13.8 Å². The molecule has 3 N–H and O–H groups in total. The molecular weight excluding hydrogens is 300 g/mol. The van der Waals surface area contributed by atoms with Crippen LogP contribution in [0.5, 0.6) is 5.75 Å². The lowest BCUT2D eigenvalue weighted by Crippen LogP contribution is -2.23. The first-order chi connectivity index (χ1) is 10.8. The molecule has 120 valence electrons. The molecule has 2 aromatic rings. The van der Waals surface area contributed by atoms with Gasteiger partial charge in [-0.05, 0) is 26.0 Å². The number of carboxylic acids is 1. The Morgan fingerprint density at radius 1 is 1.13 bits per heavy atom. The molecule has 0 saturated carbocycles. The normalized spacial score (nSPS) is 10.3. The molecule has 1 heterocycles. The fourth-order valence-electron chi connectivity index (χ4n) is 2.27. The number of amides is 1. The highest BCUT2D eigenvalue weighted by atomic mass is 16.4. The first-order valence-electron chi connectivity index (χ1n) is 6.82. The average molecular weight is 316 g/mol. The first kappa shape index (κ1) is 16.3. The highest BCUT2D eigenvalue weighted by Crippen LogP contribution is 2.22. The molecule has 23 heavy (non-hydrogen) atoms. The van der Waals surface area contributed by atoms with Gasteiger partial charge in [-0.15, -0.1) is 0 Å². The van der Waals surface area contributed by atoms with Crippen molar-refractivity contribution < 1.29 is 19.8 Å². The maximum atomic E-state index is 12.1. The molecule has 0 unspecified atom stereocenters. The van der Waals surface area contributed by atoms with E-state index in [0.29, 0.717) is 11.4 Å². The van der Waals surface area contributed by atoms with Gasteiger partial charge in [0.2, 0.25) is 5.91 Å². The number of carboxylic acid groups (broad SMARTS) is 1. The SMILES string of the molecule is Cc1cc(=O)cc(C)n1CC(=O)Nc1ccc(C(=O)O)c(O)c1. The fourth-order valence-corrected chi connectivity index (χ4v) is 2.27. The standard InChI is InChI=1S/C16H16N2O5/c1-9-5-12(19)6-10(2)18(9)8-15(21)17-11-3-4-13(16(22)23)14(20)7-11/h3-7,20H,8H2,1-2H3,(H,17,21)(H,22,23). The van der Waals surface area contributed by atoms with E-state index in [-0.39, 0.29) is 29.1 Å². The molecule has 7 heteroatoms. The number of hydrogen-bond acceptors (Lipinski definition) is 4. The van der Waals surface area contributed by atoms with Crippen LogP contribution in [-0.2, 0) is 11.3 Å². The van der Waals surface area contributed by atoms with Crippen LogP contribution in [0.2, 0.25) is 0 Å². The molecule has 0 fully saturated rings. The van der Waals surface area contributed by atoms with Crippen LogP contribution >= 0.6 is 0 Å². The number of aromatic nitrogens is 1. The Bertz CT molecular complexity index is 813. The van der Waals surface area contributed by atoms with E-state index in [1.165, 1.54) is 30.3 Å². The number of phenols is 1. The van der Waals surface area contributed by atoms with Crippen LogP contribution in [0.3, 0.4) is 0 Å². The monoisotopic (exact) mass is 316 g/mol. The number of pyridine rings is 1. The van der Waals surface area contributed by atoms with Crippen molar-refractivity contribution in [1.82, 2.24) is 4.57 Å². The van der Waals surface area contributed by atoms with Crippen LogP contribution < -0.4 is 10.7 Å². The molecule has 0 spiro atoms. The molecule has 0 aliphatic heterocycles. The predicted octanol–water partition coefficient (Wildman–Crippen LogP) is 1.51. The second kappa shape index (κ2) is 6.35. The lowest BCUT2D eigenvalue weighted by Gasteiger charge is -2.14. The molecule has 0 aliphatic carbocycles. The van der Waals surface area contributed by atoms with Gasteiger partial charge in [0.15, 0.2) is 5.43 Å². The van der Waals surface area contributed by atoms with Gasteiger partial charge in [0.05, 0.1) is 0 Å². The minimum absolute atomic E-state index is 0.000605. The summed E-state index contributed by atoms with van der Waals surface area (Å²) in [4.78, 5) is 34.3. The van der Waals surface area contributed by atoms with E-state index in [2.05, 4.69) is 5.32 Å². The smallest absolute Gasteiger partial charge is 0.339 e. The second-order valence-electron chi connectivity index (χ2n) is 5.15. The molecule has 1 aromatic heterocycles. The van der Waals surface area contributed by atoms with Gasteiger partial charge in [-0.2, -0.15) is 0 Å². The number of carbonyl (C=O) groups is 2. The summed E-state index contributed by atoms with van der Waals surface area (Å²) >= 11 is 0. The van der Waals surface area contributed by atoms with Crippen molar-refractivity contribution in [3.63, 3.8) is 0 Å². The Hall–Kier alpha value is -3.09. The van der Waals surface area contributed by atoms with Crippen LogP contribution in [-0.4, -0.2) is 26.7 Å². The summed E-state index contributed by atoms with van der Waals surface area (Å²) < 4.78 is 1.68. The number of aromatic carboxylic acids is 1. The lowest BCUT2D eigenvalue weighted by atomic mass is 10.2. The van der Waals surface area contributed by atoms with E-state index in [1.807, 2.05) is 0 Å². The minimum Gasteiger partial charge on any atom is -0.507 e. The van der Waals surface area contributed by atoms with Crippen molar-refractivity contribution in [1.29, 1.82) is 0 Å². The van der Waals surface area contributed by atoms with E-state index in [9.17, 15) is 19.5 Å². The third-order valence-corrected chi connectivity index (χ3v) is 3.37. The number of aromatic hydroxyl groups is 1. The number of aryl methyl sites for hydroxylation is 2. The second-order valence-corrected chi connectivity index (χ2v) is 5.15. The van der Waals surface area contributed by atoms with Gasteiger partial charge >= 0.3 is 5.97 Å². The number of benzene rings is 1. The van der Waals surface area contributed by atoms with Gasteiger partial charge in [0.1, 0.15) is 17.9 Å². The quantitative estimate of drug-likeness (QED) is 0.792. The van der Waals surface area contributed by atoms with Gasteiger partial charge in [0, 0.05) is 35.3 Å². The Balaban J connectivity index is 2.16. The molecule has 1 aromatic carbocycles. The Morgan fingerprint density at radius 2 is 1.74 bits per heavy atom. The fraction of sp³-hybridized carbons (Fsp3) is 0.188. The molecule has 2 rings (SSSR count). The van der Waals surface area contributed by atoms with Crippen LogP contribution in [0.25, 0.3) is 0 Å². The van der Waals surface area contributed by atoms with E-state index in [1.54, 1.807) is 18.4 Å². The maximum absolute atomic E-state index is 12.1. The van der Waals surface area contributed by atoms with Crippen molar-refractivity contribution >= 4 is 17.6 Å². The van der Waals surface area contributed by atoms with E-state index in [0.717, 1.165) is 0 Å². The topological polar surface area (TPSA) is 109 Å². The summed E-state index contributed by atoms with van der Waals surface area (Å²) in [6.07, 6.45) is 0. The Labute approximate surface area is 131 Å². The molecule has 0 saturated heterocycles. The predicted molar refractivity (Wildman–Crippen MR) is 83.9 cm³/mol. The number of nitrogens with one attached hydrogen (secondary N) is 1. The molecule has 0 aliphatic rings. The zero-order valence-electron chi connectivity index (χ0n) is 12.7. The first-order valence-corrected chi connectivity index (χ1v) is 6.82. The molecule has 0 atom stereocenters. The van der Waals surface area contributed by atoms with E-state index in [4.69, 9.17) is 5.11 Å². The Kier molecular flexibility index (Phi) is 4.49. The summed E-state index contributed by atoms with van der Waals surface area (Å²) in [5, 5.41) is 21.0. The van der Waals surface area contributed by atoms with Crippen molar-refractivity contribution in [2.24, 2.45) is 0 Å². The maximum Gasteiger partial charge on any atom is 0.339 e. The van der Waals surface area contributed by atoms with Crippen LogP contribution in [0.4, 0.5) is 5.69 Å². The number of nitrogens with zero attached hydrogens (tertiary/aromatic N) is 1. The van der Waals surface area contributed by atoms with E-state index < -0.39 is 11.7 Å². The van der Waals surface area contributed by atoms with Crippen LogP contribution in [0.15, 0.2) is 35.1 Å². The number of rotatable bonds is 4. The third kappa shape index (κ3) is 3.76. The number of hydrogen-bond donors (Lipinski definition) is 3. The summed E-state index contributed by atoms with van der Waals surface area (Å²) in [6, 6.07) is 6.66. The largest absolute Gasteiger partial charge is 0.507 e. The molecule has 7 nitrogen and oxygen atoms in total. The van der Waals surface area contributed by atoms with Crippen molar-refractivity contribution in [2.45, 2.75) is 20.4 Å². The van der Waals surface area contributed by atoms with Crippen molar-refractivity contribution in [3.05, 3.63) is 57.5 Å². The van der Waals surface area contributed by atoms with E-state index >= 15 is 0 Å². The van der Waals surface area contributed by atoms with Crippen molar-refractivity contribution in [3.8, 4) is 5.75 Å². The summed E-state index contributed by atoms with van der Waals surface area (Å²) in [6.45, 7) is 3.46. The summed E-state index contributed by atoms with van der Waals surface area (Å²) in [5.74, 6) is -2.03. The van der Waals surface area contributed by atoms with Gasteiger partial charge in [-0.1, -0.05) is 0 Å². The van der Waals surface area contributed by atoms with Gasteiger partial charge < -0.3 is 20.1 Å². The van der Waals surface area contributed by atoms with Gasteiger partial charge in [-0.3, -0.25) is 9.59 Å². The third-order valence-electron chi connectivity index (χ3n) is 3.37. The highest BCUT2D eigenvalue weighted by Gasteiger charge is 2.12. The summed E-state index contributed by atoms with van der Waals surface area (Å²) in [7, 11) is 0. The zero-order chi connectivity index (χ0) is 17.1. The molecule has 0 bridgehead atoms. The van der Waals surface area contributed by atoms with Crippen LogP contribution in [0.1, 0.15) is 21.7 Å². The molecular formula is C16H16N2O5. The van der Waals surface area contributed by atoms with Crippen molar-refractivity contribution in [2.75, 3.05) is 5.32 Å². The Morgan fingerprint density at radius 3 is 2.26 bits per heavy atom. The van der Waals surface area contributed by atoms with Gasteiger partial charge in [-0.25, -0.2) is 4.79 Å². The number of anilines is 1. The zero-order valence-corrected chi connectivity index (χ0v) is 12.7. The average Bonchev–Trinajstić information content (AvgIpc) is 2.42. The highest BCUT2D eigenvalue weighted by molar-refractivity contribution is 5.94.